The van der Waals surface area contributed by atoms with Crippen molar-refractivity contribution in [2.45, 2.75) is 19.8 Å². The molecule has 3 N–H and O–H groups in total. The summed E-state index contributed by atoms with van der Waals surface area (Å²) in [7, 11) is 1.61. The van der Waals surface area contributed by atoms with Gasteiger partial charge >= 0.3 is 0 Å². The topological polar surface area (TPSA) is 90.1 Å². The molecule has 116 valence electrons. The summed E-state index contributed by atoms with van der Waals surface area (Å²) in [6, 6.07) is 7.32. The number of unbranched alkanes of at least 4 members (excludes halogenated alkanes) is 1. The summed E-state index contributed by atoms with van der Waals surface area (Å²) in [5.41, 5.74) is 6.99. The Balaban J connectivity index is 2.16. The molecular weight excluding hydrogens is 280 g/mol. The maximum atomic E-state index is 12.0. The monoisotopic (exact) mass is 300 g/mol. The minimum atomic E-state index is -0.243. The van der Waals surface area contributed by atoms with E-state index >= 15 is 0 Å². The van der Waals surface area contributed by atoms with Gasteiger partial charge in [0.05, 0.1) is 12.7 Å². The Morgan fingerprint density at radius 3 is 2.64 bits per heavy atom. The first-order chi connectivity index (χ1) is 10.7. The van der Waals surface area contributed by atoms with Crippen LogP contribution in [0.2, 0.25) is 0 Å². The fourth-order valence-electron chi connectivity index (χ4n) is 1.92. The summed E-state index contributed by atoms with van der Waals surface area (Å²) in [6.07, 6.45) is 3.41. The van der Waals surface area contributed by atoms with Gasteiger partial charge in [0, 0.05) is 18.3 Å². The Morgan fingerprint density at radius 1 is 1.32 bits per heavy atom. The van der Waals surface area contributed by atoms with E-state index in [1.807, 2.05) is 24.3 Å². The molecule has 0 atom stereocenters. The predicted octanol–water partition coefficient (Wildman–Crippen LogP) is 2.26. The van der Waals surface area contributed by atoms with Crippen LogP contribution in [0.25, 0.3) is 11.4 Å². The van der Waals surface area contributed by atoms with Gasteiger partial charge in [-0.25, -0.2) is 9.97 Å². The van der Waals surface area contributed by atoms with E-state index in [-0.39, 0.29) is 11.7 Å². The highest BCUT2D eigenvalue weighted by atomic mass is 16.5. The average molecular weight is 300 g/mol. The number of carbonyl (C=O) groups is 1. The zero-order valence-electron chi connectivity index (χ0n) is 12.8. The van der Waals surface area contributed by atoms with E-state index in [1.54, 1.807) is 7.11 Å². The minimum Gasteiger partial charge on any atom is -0.497 e. The SMILES string of the molecule is CCCCNC(=O)c1cnc(-c2ccc(OC)cc2)nc1N. The highest BCUT2D eigenvalue weighted by Crippen LogP contribution is 2.20. The maximum Gasteiger partial charge on any atom is 0.256 e. The number of nitrogens with zero attached hydrogens (tertiary/aromatic N) is 2. The summed E-state index contributed by atoms with van der Waals surface area (Å²) in [6.45, 7) is 2.68. The zero-order valence-corrected chi connectivity index (χ0v) is 12.8. The van der Waals surface area contributed by atoms with Gasteiger partial charge in [0.1, 0.15) is 11.6 Å². The van der Waals surface area contributed by atoms with Gasteiger partial charge in [-0.05, 0) is 30.7 Å². The molecule has 1 aromatic heterocycles. The Bertz CT molecular complexity index is 641. The Labute approximate surface area is 129 Å². The molecule has 0 saturated carbocycles. The van der Waals surface area contributed by atoms with Crippen LogP contribution in [0, 0.1) is 0 Å². The van der Waals surface area contributed by atoms with Crippen molar-refractivity contribution < 1.29 is 9.53 Å². The molecule has 0 aliphatic rings. The molecule has 0 bridgehead atoms. The van der Waals surface area contributed by atoms with Gasteiger partial charge in [-0.3, -0.25) is 4.79 Å². The number of amides is 1. The minimum absolute atomic E-state index is 0.176. The summed E-state index contributed by atoms with van der Waals surface area (Å²) in [5, 5.41) is 2.80. The van der Waals surface area contributed by atoms with Crippen LogP contribution in [-0.4, -0.2) is 29.5 Å². The van der Waals surface area contributed by atoms with Crippen LogP contribution in [0.1, 0.15) is 30.1 Å². The molecule has 0 spiro atoms. The largest absolute Gasteiger partial charge is 0.497 e. The molecule has 22 heavy (non-hydrogen) atoms. The van der Waals surface area contributed by atoms with Crippen LogP contribution >= 0.6 is 0 Å². The predicted molar refractivity (Wildman–Crippen MR) is 85.7 cm³/mol. The zero-order chi connectivity index (χ0) is 15.9. The molecule has 1 aromatic carbocycles. The van der Waals surface area contributed by atoms with Crippen LogP contribution in [0.15, 0.2) is 30.5 Å². The third kappa shape index (κ3) is 3.72. The van der Waals surface area contributed by atoms with Gasteiger partial charge in [0.25, 0.3) is 5.91 Å². The van der Waals surface area contributed by atoms with Gasteiger partial charge < -0.3 is 15.8 Å². The van der Waals surface area contributed by atoms with Crippen molar-refractivity contribution in [2.24, 2.45) is 0 Å². The van der Waals surface area contributed by atoms with Crippen molar-refractivity contribution in [1.82, 2.24) is 15.3 Å². The number of carbonyl (C=O) groups excluding carboxylic acids is 1. The first-order valence-electron chi connectivity index (χ1n) is 7.20. The van der Waals surface area contributed by atoms with Crippen LogP contribution in [-0.2, 0) is 0 Å². The molecule has 2 aromatic rings. The smallest absolute Gasteiger partial charge is 0.256 e. The molecule has 0 unspecified atom stereocenters. The number of hydrogen-bond donors (Lipinski definition) is 2. The Morgan fingerprint density at radius 2 is 2.05 bits per heavy atom. The number of nitrogens with one attached hydrogen (secondary N) is 1. The number of nitrogen functional groups attached to an aromatic ring is 1. The highest BCUT2D eigenvalue weighted by Gasteiger charge is 2.12. The van der Waals surface area contributed by atoms with Gasteiger partial charge in [-0.2, -0.15) is 0 Å². The normalized spacial score (nSPS) is 10.3. The van der Waals surface area contributed by atoms with Crippen LogP contribution in [0.3, 0.4) is 0 Å². The lowest BCUT2D eigenvalue weighted by atomic mass is 10.2. The molecular formula is C16H20N4O2. The van der Waals surface area contributed by atoms with Crippen molar-refractivity contribution in [3.8, 4) is 17.1 Å². The second kappa shape index (κ2) is 7.40. The fraction of sp³-hybridized carbons (Fsp3) is 0.312. The highest BCUT2D eigenvalue weighted by molar-refractivity contribution is 5.98. The Kier molecular flexibility index (Phi) is 5.30. The van der Waals surface area contributed by atoms with Gasteiger partial charge in [-0.1, -0.05) is 13.3 Å². The number of anilines is 1. The maximum absolute atomic E-state index is 12.0. The van der Waals surface area contributed by atoms with Crippen molar-refractivity contribution in [2.75, 3.05) is 19.4 Å². The van der Waals surface area contributed by atoms with Crippen LogP contribution < -0.4 is 15.8 Å². The lowest BCUT2D eigenvalue weighted by molar-refractivity contribution is 0.0953. The quantitative estimate of drug-likeness (QED) is 0.799. The number of benzene rings is 1. The lowest BCUT2D eigenvalue weighted by Gasteiger charge is -2.08. The van der Waals surface area contributed by atoms with Crippen molar-refractivity contribution in [3.05, 3.63) is 36.0 Å². The second-order valence-electron chi connectivity index (χ2n) is 4.83. The Hall–Kier alpha value is -2.63. The van der Waals surface area contributed by atoms with Crippen molar-refractivity contribution in [3.63, 3.8) is 0 Å². The van der Waals surface area contributed by atoms with E-state index in [1.165, 1.54) is 6.20 Å². The number of rotatable bonds is 6. The second-order valence-corrected chi connectivity index (χ2v) is 4.83. The van der Waals surface area contributed by atoms with Gasteiger partial charge in [-0.15, -0.1) is 0 Å². The molecule has 1 amide bonds. The summed E-state index contributed by atoms with van der Waals surface area (Å²) < 4.78 is 5.11. The number of hydrogen-bond acceptors (Lipinski definition) is 5. The molecule has 6 nitrogen and oxygen atoms in total. The third-order valence-electron chi connectivity index (χ3n) is 3.23. The van der Waals surface area contributed by atoms with Crippen molar-refractivity contribution in [1.29, 1.82) is 0 Å². The molecule has 6 heteroatoms. The molecule has 0 fully saturated rings. The number of ether oxygens (including phenoxy) is 1. The summed E-state index contributed by atoms with van der Waals surface area (Å²) in [4.78, 5) is 20.4. The fourth-order valence-corrected chi connectivity index (χ4v) is 1.92. The van der Waals surface area contributed by atoms with E-state index < -0.39 is 0 Å². The van der Waals surface area contributed by atoms with E-state index in [4.69, 9.17) is 10.5 Å². The molecule has 1 heterocycles. The average Bonchev–Trinajstić information content (AvgIpc) is 2.55. The van der Waals surface area contributed by atoms with Gasteiger partial charge in [0.2, 0.25) is 0 Å². The molecule has 0 aliphatic carbocycles. The first-order valence-corrected chi connectivity index (χ1v) is 7.20. The number of aromatic nitrogens is 2. The van der Waals surface area contributed by atoms with Gasteiger partial charge in [0.15, 0.2) is 5.82 Å². The molecule has 2 rings (SSSR count). The molecule has 0 aliphatic heterocycles. The standard InChI is InChI=1S/C16H20N4O2/c1-3-4-9-18-16(21)13-10-19-15(20-14(13)17)11-5-7-12(22-2)8-6-11/h5-8,10H,3-4,9H2,1-2H3,(H,18,21)(H2,17,19,20). The first kappa shape index (κ1) is 15.8. The van der Waals surface area contributed by atoms with E-state index in [9.17, 15) is 4.79 Å². The molecule has 0 saturated heterocycles. The summed E-state index contributed by atoms with van der Waals surface area (Å²) >= 11 is 0. The van der Waals surface area contributed by atoms with Crippen LogP contribution in [0.5, 0.6) is 5.75 Å². The van der Waals surface area contributed by atoms with Crippen molar-refractivity contribution >= 4 is 11.7 Å². The number of nitrogens with two attached hydrogens (primary N) is 1. The van der Waals surface area contributed by atoms with E-state index in [0.29, 0.717) is 17.9 Å². The van der Waals surface area contributed by atoms with E-state index in [0.717, 1.165) is 24.2 Å². The summed E-state index contributed by atoms with van der Waals surface area (Å²) in [5.74, 6) is 1.16. The van der Waals surface area contributed by atoms with E-state index in [2.05, 4.69) is 22.2 Å². The number of methoxy groups -OCH3 is 1. The third-order valence-corrected chi connectivity index (χ3v) is 3.23. The lowest BCUT2D eigenvalue weighted by Crippen LogP contribution is -2.25. The van der Waals surface area contributed by atoms with Crippen LogP contribution in [0.4, 0.5) is 5.82 Å². The molecule has 0 radical (unpaired) electrons.